The van der Waals surface area contributed by atoms with E-state index in [-0.39, 0.29) is 26.4 Å². The van der Waals surface area contributed by atoms with Crippen molar-refractivity contribution in [3.63, 3.8) is 0 Å². The molecule has 4 rings (SSSR count). The van der Waals surface area contributed by atoms with Crippen LogP contribution in [0, 0.1) is 0 Å². The van der Waals surface area contributed by atoms with Crippen molar-refractivity contribution in [2.75, 3.05) is 6.35 Å². The van der Waals surface area contributed by atoms with E-state index < -0.39 is 21.8 Å². The highest BCUT2D eigenvalue weighted by molar-refractivity contribution is 7.55. The minimum atomic E-state index is -4.17. The van der Waals surface area contributed by atoms with Crippen molar-refractivity contribution in [2.24, 2.45) is 0 Å². The fourth-order valence-electron chi connectivity index (χ4n) is 3.31. The first-order valence-electron chi connectivity index (χ1n) is 12.1. The fourth-order valence-corrected chi connectivity index (χ4v) is 6.20. The van der Waals surface area contributed by atoms with Gasteiger partial charge in [-0.3, -0.25) is 18.1 Å². The van der Waals surface area contributed by atoms with Crippen LogP contribution in [0.25, 0.3) is 0 Å². The van der Waals surface area contributed by atoms with Gasteiger partial charge in [0.25, 0.3) is 0 Å². The molecule has 9 heteroatoms. The van der Waals surface area contributed by atoms with E-state index in [1.54, 1.807) is 0 Å². The van der Waals surface area contributed by atoms with E-state index in [0.29, 0.717) is 0 Å². The van der Waals surface area contributed by atoms with Gasteiger partial charge in [0.05, 0.1) is 26.4 Å². The van der Waals surface area contributed by atoms with Gasteiger partial charge in [0.15, 0.2) is 6.35 Å². The monoisotopic (exact) mass is 552 g/mol. The Hall–Kier alpha value is -2.86. The summed E-state index contributed by atoms with van der Waals surface area (Å²) in [6.45, 7) is 0.00648. The second kappa shape index (κ2) is 14.3. The van der Waals surface area contributed by atoms with Crippen LogP contribution in [-0.2, 0) is 58.2 Å². The first kappa shape index (κ1) is 28.2. The zero-order valence-corrected chi connectivity index (χ0v) is 22.6. The maximum atomic E-state index is 13.8. The van der Waals surface area contributed by atoms with Crippen LogP contribution >= 0.6 is 15.4 Å². The minimum Gasteiger partial charge on any atom is -0.302 e. The van der Waals surface area contributed by atoms with Crippen LogP contribution in [0.1, 0.15) is 22.3 Å². The van der Waals surface area contributed by atoms with Gasteiger partial charge in [0.1, 0.15) is 0 Å². The highest BCUT2D eigenvalue weighted by atomic mass is 31.2. The maximum absolute atomic E-state index is 13.8. The summed E-state index contributed by atoms with van der Waals surface area (Å²) < 4.78 is 55.8. The fraction of sp³-hybridized carbons (Fsp3) is 0.172. The summed E-state index contributed by atoms with van der Waals surface area (Å²) in [6.07, 6.45) is -0.618. The van der Waals surface area contributed by atoms with Gasteiger partial charge in [0.2, 0.25) is 0 Å². The van der Waals surface area contributed by atoms with Crippen molar-refractivity contribution in [1.82, 2.24) is 0 Å². The molecule has 0 amide bonds. The Morgan fingerprint density at radius 1 is 0.395 bits per heavy atom. The van der Waals surface area contributed by atoms with Gasteiger partial charge in [-0.1, -0.05) is 121 Å². The molecule has 0 radical (unpaired) electrons. The molecule has 0 fully saturated rings. The van der Waals surface area contributed by atoms with Gasteiger partial charge in [-0.2, -0.15) is 0 Å². The molecule has 0 unspecified atom stereocenters. The molecule has 0 aliphatic rings. The number of hydrogen-bond acceptors (Lipinski definition) is 7. The van der Waals surface area contributed by atoms with E-state index in [1.165, 1.54) is 0 Å². The summed E-state index contributed by atoms with van der Waals surface area (Å²) >= 11 is 0. The molecule has 0 spiro atoms. The van der Waals surface area contributed by atoms with Gasteiger partial charge < -0.3 is 9.05 Å². The summed E-state index contributed by atoms with van der Waals surface area (Å²) in [5.74, 6) is 0. The normalized spacial score (nSPS) is 11.9. The van der Waals surface area contributed by atoms with Crippen LogP contribution in [0.5, 0.6) is 0 Å². The third kappa shape index (κ3) is 9.46. The van der Waals surface area contributed by atoms with E-state index in [1.807, 2.05) is 121 Å². The van der Waals surface area contributed by atoms with E-state index in [2.05, 4.69) is 0 Å². The van der Waals surface area contributed by atoms with Crippen molar-refractivity contribution >= 4 is 15.4 Å². The maximum Gasteiger partial charge on any atom is 0.476 e. The van der Waals surface area contributed by atoms with Crippen LogP contribution < -0.4 is 0 Å². The predicted octanol–water partition coefficient (Wildman–Crippen LogP) is 8.13. The average molecular weight is 553 g/mol. The Kier molecular flexibility index (Phi) is 10.6. The van der Waals surface area contributed by atoms with Crippen molar-refractivity contribution in [3.05, 3.63) is 144 Å². The van der Waals surface area contributed by atoms with Crippen molar-refractivity contribution in [1.29, 1.82) is 0 Å². The molecule has 0 aromatic heterocycles. The Balaban J connectivity index is 1.47. The second-order valence-corrected chi connectivity index (χ2v) is 12.0. The highest BCUT2D eigenvalue weighted by Crippen LogP contribution is 2.58. The van der Waals surface area contributed by atoms with Crippen LogP contribution in [0.3, 0.4) is 0 Å². The summed E-state index contributed by atoms with van der Waals surface area (Å²) in [7, 11) is -8.06. The van der Waals surface area contributed by atoms with Gasteiger partial charge in [-0.05, 0) is 22.3 Å². The van der Waals surface area contributed by atoms with E-state index >= 15 is 0 Å². The minimum absolute atomic E-state index is 0.0209. The van der Waals surface area contributed by atoms with Crippen LogP contribution in [0.2, 0.25) is 0 Å². The molecule has 0 aliphatic heterocycles. The molecule has 198 valence electrons. The molecule has 38 heavy (non-hydrogen) atoms. The molecule has 0 saturated heterocycles. The van der Waals surface area contributed by atoms with Gasteiger partial charge in [-0.15, -0.1) is 0 Å². The second-order valence-electron chi connectivity index (χ2n) is 8.35. The SMILES string of the molecule is O=P(COP(=O)(OCc1ccccc1)OCc1ccccc1)(OCc1ccccc1)OCc1ccccc1. The number of phosphoric acid groups is 1. The summed E-state index contributed by atoms with van der Waals surface area (Å²) in [5.41, 5.74) is 3.17. The highest BCUT2D eigenvalue weighted by Gasteiger charge is 2.34. The average Bonchev–Trinajstić information content (AvgIpc) is 2.98. The zero-order chi connectivity index (χ0) is 26.5. The number of hydrogen-bond donors (Lipinski definition) is 0. The molecule has 4 aromatic rings. The van der Waals surface area contributed by atoms with Crippen LogP contribution in [0.4, 0.5) is 0 Å². The number of phosphoric ester groups is 1. The first-order valence-corrected chi connectivity index (χ1v) is 15.3. The molecule has 0 bridgehead atoms. The lowest BCUT2D eigenvalue weighted by atomic mass is 10.2. The van der Waals surface area contributed by atoms with Gasteiger partial charge in [-0.25, -0.2) is 4.57 Å². The van der Waals surface area contributed by atoms with E-state index in [9.17, 15) is 9.13 Å². The lowest BCUT2D eigenvalue weighted by Crippen LogP contribution is -2.07. The van der Waals surface area contributed by atoms with Gasteiger partial charge in [0, 0.05) is 0 Å². The first-order chi connectivity index (χ1) is 18.5. The molecular formula is C29H30O7P2. The lowest BCUT2D eigenvalue weighted by molar-refractivity contribution is 0.102. The Morgan fingerprint density at radius 2 is 0.684 bits per heavy atom. The summed E-state index contributed by atoms with van der Waals surface area (Å²) in [4.78, 5) is 0. The van der Waals surface area contributed by atoms with Crippen LogP contribution in [0.15, 0.2) is 121 Å². The lowest BCUT2D eigenvalue weighted by Gasteiger charge is -2.22. The zero-order valence-electron chi connectivity index (χ0n) is 20.8. The van der Waals surface area contributed by atoms with Crippen molar-refractivity contribution in [3.8, 4) is 0 Å². The largest absolute Gasteiger partial charge is 0.476 e. The molecule has 7 nitrogen and oxygen atoms in total. The summed E-state index contributed by atoms with van der Waals surface area (Å²) in [6, 6.07) is 37.0. The molecule has 4 aromatic carbocycles. The van der Waals surface area contributed by atoms with Crippen LogP contribution in [-0.4, -0.2) is 6.35 Å². The molecule has 0 saturated carbocycles. The quantitative estimate of drug-likeness (QED) is 0.138. The molecule has 0 aliphatic carbocycles. The third-order valence-corrected chi connectivity index (χ3v) is 8.41. The molecule has 0 heterocycles. The van der Waals surface area contributed by atoms with E-state index in [4.69, 9.17) is 22.6 Å². The topological polar surface area (TPSA) is 80.3 Å². The molecule has 0 N–H and O–H groups in total. The Bertz CT molecular complexity index is 1120. The van der Waals surface area contributed by atoms with Crippen molar-refractivity contribution < 1.29 is 31.7 Å². The summed E-state index contributed by atoms with van der Waals surface area (Å²) in [5, 5.41) is 0. The smallest absolute Gasteiger partial charge is 0.302 e. The third-order valence-electron chi connectivity index (χ3n) is 5.38. The molecule has 0 atom stereocenters. The molecular weight excluding hydrogens is 522 g/mol. The predicted molar refractivity (Wildman–Crippen MR) is 146 cm³/mol. The standard InChI is InChI=1S/C29H30O7P2/c30-37(32-21-26-13-5-1-6-14-26,33-22-27-15-7-2-8-16-27)25-36-38(31,34-23-28-17-9-3-10-18-28)35-24-29-19-11-4-12-20-29/h1-20H,21-25H2. The van der Waals surface area contributed by atoms with Gasteiger partial charge >= 0.3 is 15.4 Å². The van der Waals surface area contributed by atoms with E-state index in [0.717, 1.165) is 22.3 Å². The number of benzene rings is 4. The Labute approximate surface area is 223 Å². The number of rotatable bonds is 15. The van der Waals surface area contributed by atoms with Crippen molar-refractivity contribution in [2.45, 2.75) is 26.4 Å². The Morgan fingerprint density at radius 3 is 1.00 bits per heavy atom.